The van der Waals surface area contributed by atoms with Crippen molar-refractivity contribution in [3.63, 3.8) is 0 Å². The molecule has 3 heteroatoms. The van der Waals surface area contributed by atoms with Crippen LogP contribution < -0.4 is 0 Å². The van der Waals surface area contributed by atoms with E-state index in [-0.39, 0.29) is 29.1 Å². The average Bonchev–Trinajstić information content (AvgIpc) is 2.75. The number of aliphatic hydroxyl groups excluding tert-OH is 3. The van der Waals surface area contributed by atoms with Gasteiger partial charge in [-0.1, -0.05) is 25.5 Å². The molecule has 22 heavy (non-hydrogen) atoms. The van der Waals surface area contributed by atoms with E-state index < -0.39 is 0 Å². The summed E-state index contributed by atoms with van der Waals surface area (Å²) in [7, 11) is 0. The largest absolute Gasteiger partial charge is 0.393 e. The SMILES string of the molecule is CC12CCC(O)CC1=CCC1C2C(O)C[C@]2(C)C(O)CCC12. The van der Waals surface area contributed by atoms with Gasteiger partial charge in [0.1, 0.15) is 0 Å². The number of aliphatic hydroxyl groups is 3. The van der Waals surface area contributed by atoms with Gasteiger partial charge in [-0.3, -0.25) is 0 Å². The normalized spacial score (nSPS) is 57.6. The molecule has 8 atom stereocenters. The van der Waals surface area contributed by atoms with Crippen LogP contribution >= 0.6 is 0 Å². The molecule has 0 amide bonds. The van der Waals surface area contributed by atoms with E-state index in [1.807, 2.05) is 0 Å². The molecule has 0 radical (unpaired) electrons. The van der Waals surface area contributed by atoms with Gasteiger partial charge in [-0.2, -0.15) is 0 Å². The first kappa shape index (κ1) is 15.2. The lowest BCUT2D eigenvalue weighted by atomic mass is 9.47. The van der Waals surface area contributed by atoms with Crippen molar-refractivity contribution in [2.24, 2.45) is 28.6 Å². The first-order valence-corrected chi connectivity index (χ1v) is 9.10. The molecule has 4 aliphatic carbocycles. The van der Waals surface area contributed by atoms with Crippen LogP contribution in [0.3, 0.4) is 0 Å². The molecule has 0 saturated heterocycles. The number of rotatable bonds is 0. The van der Waals surface area contributed by atoms with Gasteiger partial charge in [0.2, 0.25) is 0 Å². The van der Waals surface area contributed by atoms with E-state index in [0.717, 1.165) is 44.9 Å². The van der Waals surface area contributed by atoms with Crippen LogP contribution in [0.5, 0.6) is 0 Å². The van der Waals surface area contributed by atoms with Crippen LogP contribution in [0.25, 0.3) is 0 Å². The number of hydrogen-bond donors (Lipinski definition) is 3. The lowest BCUT2D eigenvalue weighted by Gasteiger charge is -2.59. The molecule has 3 saturated carbocycles. The van der Waals surface area contributed by atoms with Gasteiger partial charge in [-0.05, 0) is 73.5 Å². The van der Waals surface area contributed by atoms with E-state index in [9.17, 15) is 15.3 Å². The van der Waals surface area contributed by atoms with Crippen molar-refractivity contribution < 1.29 is 15.3 Å². The Bertz CT molecular complexity index is 501. The Morgan fingerprint density at radius 3 is 2.64 bits per heavy atom. The maximum atomic E-state index is 11.0. The van der Waals surface area contributed by atoms with Crippen LogP contribution in [0.1, 0.15) is 58.8 Å². The van der Waals surface area contributed by atoms with Gasteiger partial charge in [0, 0.05) is 0 Å². The second-order valence-electron chi connectivity index (χ2n) is 8.95. The van der Waals surface area contributed by atoms with Crippen LogP contribution in [-0.4, -0.2) is 33.6 Å². The van der Waals surface area contributed by atoms with Crippen molar-refractivity contribution in [3.8, 4) is 0 Å². The average molecular weight is 306 g/mol. The Morgan fingerprint density at radius 2 is 1.86 bits per heavy atom. The summed E-state index contributed by atoms with van der Waals surface area (Å²) in [6, 6.07) is 0. The van der Waals surface area contributed by atoms with Crippen molar-refractivity contribution in [1.29, 1.82) is 0 Å². The smallest absolute Gasteiger partial charge is 0.0597 e. The molecule has 4 aliphatic rings. The lowest BCUT2D eigenvalue weighted by Crippen LogP contribution is -2.57. The first-order valence-electron chi connectivity index (χ1n) is 9.10. The Morgan fingerprint density at radius 1 is 1.09 bits per heavy atom. The van der Waals surface area contributed by atoms with E-state index in [1.54, 1.807) is 0 Å². The summed E-state index contributed by atoms with van der Waals surface area (Å²) in [6.07, 6.45) is 7.99. The molecule has 124 valence electrons. The minimum atomic E-state index is -0.317. The zero-order chi connectivity index (χ0) is 15.7. The van der Waals surface area contributed by atoms with Crippen molar-refractivity contribution in [2.45, 2.75) is 77.1 Å². The fraction of sp³-hybridized carbons (Fsp3) is 0.895. The standard InChI is InChI=1S/C19H30O3/c1-18-8-7-12(20)9-11(18)3-4-13-14-5-6-16(22)19(14,2)10-15(21)17(13)18/h3,12-17,20-22H,4-10H2,1-2H3/t12?,13?,14?,15?,16?,17?,18?,19-/m0/s1. The summed E-state index contributed by atoms with van der Waals surface area (Å²) in [6.45, 7) is 4.51. The minimum Gasteiger partial charge on any atom is -0.393 e. The van der Waals surface area contributed by atoms with Crippen molar-refractivity contribution in [1.82, 2.24) is 0 Å². The molecule has 0 aromatic carbocycles. The molecular weight excluding hydrogens is 276 g/mol. The fourth-order valence-corrected chi connectivity index (χ4v) is 6.75. The van der Waals surface area contributed by atoms with Crippen LogP contribution in [0.4, 0.5) is 0 Å². The number of allylic oxidation sites excluding steroid dienone is 1. The summed E-state index contributed by atoms with van der Waals surface area (Å²) in [5, 5.41) is 31.5. The Hall–Kier alpha value is -0.380. The first-order chi connectivity index (χ1) is 10.4. The third-order valence-corrected chi connectivity index (χ3v) is 7.96. The third-order valence-electron chi connectivity index (χ3n) is 7.96. The van der Waals surface area contributed by atoms with Crippen molar-refractivity contribution in [2.75, 3.05) is 0 Å². The maximum Gasteiger partial charge on any atom is 0.0597 e. The van der Waals surface area contributed by atoms with Gasteiger partial charge in [0.05, 0.1) is 18.3 Å². The molecule has 3 N–H and O–H groups in total. The molecule has 0 aliphatic heterocycles. The van der Waals surface area contributed by atoms with E-state index >= 15 is 0 Å². The summed E-state index contributed by atoms with van der Waals surface area (Å²) in [5.74, 6) is 1.34. The van der Waals surface area contributed by atoms with Crippen LogP contribution in [0.15, 0.2) is 11.6 Å². The highest BCUT2D eigenvalue weighted by Gasteiger charge is 2.61. The summed E-state index contributed by atoms with van der Waals surface area (Å²) < 4.78 is 0. The van der Waals surface area contributed by atoms with Crippen molar-refractivity contribution >= 4 is 0 Å². The molecule has 3 fully saturated rings. The second kappa shape index (κ2) is 4.81. The van der Waals surface area contributed by atoms with Gasteiger partial charge < -0.3 is 15.3 Å². The monoisotopic (exact) mass is 306 g/mol. The molecule has 4 rings (SSSR count). The maximum absolute atomic E-state index is 11.0. The third kappa shape index (κ3) is 1.85. The highest BCUT2D eigenvalue weighted by molar-refractivity contribution is 5.26. The fourth-order valence-electron chi connectivity index (χ4n) is 6.75. The molecule has 3 nitrogen and oxygen atoms in total. The van der Waals surface area contributed by atoms with Crippen molar-refractivity contribution in [3.05, 3.63) is 11.6 Å². The molecule has 0 aromatic heterocycles. The van der Waals surface area contributed by atoms with Crippen LogP contribution in [0, 0.1) is 28.6 Å². The van der Waals surface area contributed by atoms with Gasteiger partial charge >= 0.3 is 0 Å². The molecule has 0 heterocycles. The molecule has 0 bridgehead atoms. The highest BCUT2D eigenvalue weighted by atomic mass is 16.3. The van der Waals surface area contributed by atoms with Crippen LogP contribution in [-0.2, 0) is 0 Å². The molecule has 0 spiro atoms. The summed E-state index contributed by atoms with van der Waals surface area (Å²) >= 11 is 0. The molecule has 7 unspecified atom stereocenters. The zero-order valence-corrected chi connectivity index (χ0v) is 13.8. The van der Waals surface area contributed by atoms with Gasteiger partial charge in [-0.25, -0.2) is 0 Å². The molecule has 0 aromatic rings. The number of fused-ring (bicyclic) bond motifs is 5. The summed E-state index contributed by atoms with van der Waals surface area (Å²) in [4.78, 5) is 0. The predicted molar refractivity (Wildman–Crippen MR) is 85.1 cm³/mol. The minimum absolute atomic E-state index is 0.0520. The predicted octanol–water partition coefficient (Wildman–Crippen LogP) is 2.64. The van der Waals surface area contributed by atoms with E-state index in [0.29, 0.717) is 17.8 Å². The van der Waals surface area contributed by atoms with Gasteiger partial charge in [0.25, 0.3) is 0 Å². The van der Waals surface area contributed by atoms with E-state index in [1.165, 1.54) is 5.57 Å². The lowest BCUT2D eigenvalue weighted by molar-refractivity contribution is -0.136. The Labute approximate surface area is 133 Å². The second-order valence-corrected chi connectivity index (χ2v) is 8.95. The van der Waals surface area contributed by atoms with Crippen LogP contribution in [0.2, 0.25) is 0 Å². The molecular formula is C19H30O3. The Balaban J connectivity index is 1.73. The summed E-state index contributed by atoms with van der Waals surface area (Å²) in [5.41, 5.74) is 1.33. The highest BCUT2D eigenvalue weighted by Crippen LogP contribution is 2.64. The quantitative estimate of drug-likeness (QED) is 0.603. The number of hydrogen-bond acceptors (Lipinski definition) is 3. The zero-order valence-electron chi connectivity index (χ0n) is 13.8. The van der Waals surface area contributed by atoms with E-state index in [2.05, 4.69) is 19.9 Å². The van der Waals surface area contributed by atoms with Gasteiger partial charge in [0.15, 0.2) is 0 Å². The van der Waals surface area contributed by atoms with Gasteiger partial charge in [-0.15, -0.1) is 0 Å². The Kier molecular flexibility index (Phi) is 3.32. The topological polar surface area (TPSA) is 60.7 Å². The van der Waals surface area contributed by atoms with E-state index in [4.69, 9.17) is 0 Å².